The van der Waals surface area contributed by atoms with Crippen LogP contribution in [-0.4, -0.2) is 26.1 Å². The predicted molar refractivity (Wildman–Crippen MR) is 71.4 cm³/mol. The number of carbonyl (C=O) groups excluding carboxylic acids is 1. The zero-order chi connectivity index (χ0) is 13.6. The van der Waals surface area contributed by atoms with Crippen molar-refractivity contribution in [3.8, 4) is 0 Å². The van der Waals surface area contributed by atoms with Crippen molar-refractivity contribution in [3.05, 3.63) is 0 Å². The fourth-order valence-electron chi connectivity index (χ4n) is 2.44. The number of rotatable bonds is 6. The Morgan fingerprint density at radius 1 is 1.33 bits per heavy atom. The second kappa shape index (κ2) is 7.09. The van der Waals surface area contributed by atoms with Gasteiger partial charge in [0.05, 0.1) is 11.8 Å². The minimum Gasteiger partial charge on any atom is -0.320 e. The van der Waals surface area contributed by atoms with E-state index in [-0.39, 0.29) is 5.75 Å². The number of nitrogens with two attached hydrogens (primary N) is 1. The molecule has 0 aliphatic heterocycles. The van der Waals surface area contributed by atoms with Crippen molar-refractivity contribution in [3.63, 3.8) is 0 Å². The van der Waals surface area contributed by atoms with Crippen molar-refractivity contribution >= 4 is 15.9 Å². The highest BCUT2D eigenvalue weighted by Crippen LogP contribution is 2.26. The highest BCUT2D eigenvalue weighted by atomic mass is 32.2. The Morgan fingerprint density at radius 2 is 1.94 bits per heavy atom. The summed E-state index contributed by atoms with van der Waals surface area (Å²) in [7, 11) is -3.50. The summed E-state index contributed by atoms with van der Waals surface area (Å²) < 4.78 is 25.0. The molecule has 0 spiro atoms. The smallest absolute Gasteiger partial charge is 0.250 e. The number of nitrogens with one attached hydrogen (secondary N) is 1. The van der Waals surface area contributed by atoms with Gasteiger partial charge in [0.1, 0.15) is 0 Å². The predicted octanol–water partition coefficient (Wildman–Crippen LogP) is 1.14. The first kappa shape index (κ1) is 15.4. The van der Waals surface area contributed by atoms with Gasteiger partial charge in [-0.05, 0) is 18.8 Å². The molecule has 1 atom stereocenters. The van der Waals surface area contributed by atoms with Gasteiger partial charge < -0.3 is 5.73 Å². The van der Waals surface area contributed by atoms with Gasteiger partial charge in [0.2, 0.25) is 15.9 Å². The van der Waals surface area contributed by atoms with Crippen molar-refractivity contribution in [2.45, 2.75) is 57.9 Å². The lowest BCUT2D eigenvalue weighted by atomic mass is 9.85. The SMILES string of the molecule is CCCS(=O)(=O)NC(=O)C(N)CC1CCCCC1. The quantitative estimate of drug-likeness (QED) is 0.761. The molecule has 0 aromatic heterocycles. The number of sulfonamides is 1. The summed E-state index contributed by atoms with van der Waals surface area (Å²) in [5, 5.41) is 0. The molecule has 106 valence electrons. The third kappa shape index (κ3) is 5.35. The molecule has 18 heavy (non-hydrogen) atoms. The van der Waals surface area contributed by atoms with Crippen LogP contribution in [0.4, 0.5) is 0 Å². The zero-order valence-electron chi connectivity index (χ0n) is 11.0. The fraction of sp³-hybridized carbons (Fsp3) is 0.917. The van der Waals surface area contributed by atoms with E-state index < -0.39 is 22.0 Å². The Hall–Kier alpha value is -0.620. The fourth-order valence-corrected chi connectivity index (χ4v) is 3.54. The maximum absolute atomic E-state index is 11.7. The van der Waals surface area contributed by atoms with E-state index in [0.29, 0.717) is 18.8 Å². The number of amides is 1. The van der Waals surface area contributed by atoms with E-state index in [1.54, 1.807) is 6.92 Å². The summed E-state index contributed by atoms with van der Waals surface area (Å²) in [6, 6.07) is -0.709. The summed E-state index contributed by atoms with van der Waals surface area (Å²) in [6.07, 6.45) is 6.91. The standard InChI is InChI=1S/C12H24N2O3S/c1-2-8-18(16,17)14-12(15)11(13)9-10-6-4-3-5-7-10/h10-11H,2-9,13H2,1H3,(H,14,15). The number of hydrogen-bond donors (Lipinski definition) is 2. The maximum Gasteiger partial charge on any atom is 0.250 e. The van der Waals surface area contributed by atoms with Gasteiger partial charge in [0.25, 0.3) is 0 Å². The molecule has 0 aromatic carbocycles. The van der Waals surface area contributed by atoms with Crippen LogP contribution >= 0.6 is 0 Å². The molecule has 0 heterocycles. The second-order valence-corrected chi connectivity index (χ2v) is 6.97. The second-order valence-electron chi connectivity index (χ2n) is 5.13. The molecule has 1 aliphatic rings. The first-order valence-corrected chi connectivity index (χ1v) is 8.39. The summed E-state index contributed by atoms with van der Waals surface area (Å²) >= 11 is 0. The van der Waals surface area contributed by atoms with Gasteiger partial charge in [-0.15, -0.1) is 0 Å². The van der Waals surface area contributed by atoms with Gasteiger partial charge in [-0.2, -0.15) is 0 Å². The van der Waals surface area contributed by atoms with E-state index in [1.165, 1.54) is 19.3 Å². The van der Waals surface area contributed by atoms with Gasteiger partial charge in [-0.3, -0.25) is 9.52 Å². The first-order chi connectivity index (χ1) is 8.44. The monoisotopic (exact) mass is 276 g/mol. The van der Waals surface area contributed by atoms with Crippen LogP contribution in [0.1, 0.15) is 51.9 Å². The van der Waals surface area contributed by atoms with Crippen molar-refractivity contribution in [1.82, 2.24) is 4.72 Å². The van der Waals surface area contributed by atoms with E-state index in [2.05, 4.69) is 4.72 Å². The average Bonchev–Trinajstić information content (AvgIpc) is 2.29. The lowest BCUT2D eigenvalue weighted by Crippen LogP contribution is -2.45. The molecule has 1 saturated carbocycles. The average molecular weight is 276 g/mol. The topological polar surface area (TPSA) is 89.3 Å². The highest BCUT2D eigenvalue weighted by Gasteiger charge is 2.23. The molecular formula is C12H24N2O3S. The van der Waals surface area contributed by atoms with E-state index in [1.807, 2.05) is 0 Å². The molecule has 6 heteroatoms. The van der Waals surface area contributed by atoms with Crippen molar-refractivity contribution in [2.24, 2.45) is 11.7 Å². The highest BCUT2D eigenvalue weighted by molar-refractivity contribution is 7.90. The molecule has 0 saturated heterocycles. The van der Waals surface area contributed by atoms with Gasteiger partial charge in [0, 0.05) is 0 Å². The third-order valence-corrected chi connectivity index (χ3v) is 4.84. The Labute approximate surface area is 110 Å². The summed E-state index contributed by atoms with van der Waals surface area (Å²) in [5.74, 6) is -0.128. The Morgan fingerprint density at radius 3 is 2.50 bits per heavy atom. The molecule has 1 rings (SSSR count). The third-order valence-electron chi connectivity index (χ3n) is 3.38. The molecule has 1 aliphatic carbocycles. The van der Waals surface area contributed by atoms with Gasteiger partial charge in [-0.25, -0.2) is 8.42 Å². The van der Waals surface area contributed by atoms with Crippen LogP contribution in [0.25, 0.3) is 0 Å². The molecule has 3 N–H and O–H groups in total. The molecule has 1 amide bonds. The minimum atomic E-state index is -3.50. The van der Waals surface area contributed by atoms with Crippen molar-refractivity contribution < 1.29 is 13.2 Å². The first-order valence-electron chi connectivity index (χ1n) is 6.74. The van der Waals surface area contributed by atoms with Gasteiger partial charge in [-0.1, -0.05) is 39.0 Å². The molecule has 1 unspecified atom stereocenters. The lowest BCUT2D eigenvalue weighted by molar-refractivity contribution is -0.121. The van der Waals surface area contributed by atoms with E-state index in [0.717, 1.165) is 12.8 Å². The van der Waals surface area contributed by atoms with Crippen LogP contribution in [-0.2, 0) is 14.8 Å². The lowest BCUT2D eigenvalue weighted by Gasteiger charge is -2.24. The van der Waals surface area contributed by atoms with Gasteiger partial charge >= 0.3 is 0 Å². The Kier molecular flexibility index (Phi) is 6.08. The molecule has 0 radical (unpaired) electrons. The van der Waals surface area contributed by atoms with Gasteiger partial charge in [0.15, 0.2) is 0 Å². The molecular weight excluding hydrogens is 252 g/mol. The van der Waals surface area contributed by atoms with Crippen LogP contribution in [0.3, 0.4) is 0 Å². The Bertz CT molecular complexity index is 362. The van der Waals surface area contributed by atoms with E-state index in [4.69, 9.17) is 5.73 Å². The van der Waals surface area contributed by atoms with E-state index in [9.17, 15) is 13.2 Å². The van der Waals surface area contributed by atoms with Crippen LogP contribution in [0.15, 0.2) is 0 Å². The maximum atomic E-state index is 11.7. The summed E-state index contributed by atoms with van der Waals surface area (Å²) in [6.45, 7) is 1.76. The van der Waals surface area contributed by atoms with E-state index >= 15 is 0 Å². The normalized spacial score (nSPS) is 19.4. The van der Waals surface area contributed by atoms with Crippen LogP contribution < -0.4 is 10.5 Å². The van der Waals surface area contributed by atoms with Crippen LogP contribution in [0, 0.1) is 5.92 Å². The number of carbonyl (C=O) groups is 1. The van der Waals surface area contributed by atoms with Crippen molar-refractivity contribution in [1.29, 1.82) is 0 Å². The van der Waals surface area contributed by atoms with Crippen LogP contribution in [0.2, 0.25) is 0 Å². The zero-order valence-corrected chi connectivity index (χ0v) is 11.8. The number of hydrogen-bond acceptors (Lipinski definition) is 4. The summed E-state index contributed by atoms with van der Waals surface area (Å²) in [4.78, 5) is 11.7. The van der Waals surface area contributed by atoms with Crippen LogP contribution in [0.5, 0.6) is 0 Å². The molecule has 0 aromatic rings. The summed E-state index contributed by atoms with van der Waals surface area (Å²) in [5.41, 5.74) is 5.77. The minimum absolute atomic E-state index is 0.0328. The molecule has 5 nitrogen and oxygen atoms in total. The van der Waals surface area contributed by atoms with Crippen molar-refractivity contribution in [2.75, 3.05) is 5.75 Å². The largest absolute Gasteiger partial charge is 0.320 e. The molecule has 0 bridgehead atoms. The Balaban J connectivity index is 2.41. The molecule has 1 fully saturated rings.